The maximum absolute atomic E-state index is 13.4. The molecule has 1 fully saturated rings. The number of carbonyl (C=O) groups is 1. The summed E-state index contributed by atoms with van der Waals surface area (Å²) in [6.45, 7) is 3.61. The number of aliphatic hydroxyl groups is 1. The first-order valence-electron chi connectivity index (χ1n) is 8.84. The van der Waals surface area contributed by atoms with Gasteiger partial charge in [-0.15, -0.1) is 0 Å². The summed E-state index contributed by atoms with van der Waals surface area (Å²) in [5.41, 5.74) is 1.13. The molecule has 0 unspecified atom stereocenters. The van der Waals surface area contributed by atoms with Gasteiger partial charge in [0.25, 0.3) is 0 Å². The minimum Gasteiger partial charge on any atom is -0.450 e. The van der Waals surface area contributed by atoms with Crippen LogP contribution in [0, 0.1) is 5.82 Å². The van der Waals surface area contributed by atoms with Crippen LogP contribution >= 0.6 is 0 Å². The molecule has 144 valence electrons. The Bertz CT molecular complexity index is 631. The third-order valence-electron chi connectivity index (χ3n) is 4.33. The quantitative estimate of drug-likeness (QED) is 0.544. The molecule has 26 heavy (non-hydrogen) atoms. The Balaban J connectivity index is 1.81. The normalized spacial score (nSPS) is 15.7. The molecule has 0 aliphatic carbocycles. The van der Waals surface area contributed by atoms with E-state index in [9.17, 15) is 9.18 Å². The van der Waals surface area contributed by atoms with Gasteiger partial charge in [0.1, 0.15) is 5.82 Å². The van der Waals surface area contributed by atoms with Gasteiger partial charge in [-0.05, 0) is 37.5 Å². The second kappa shape index (κ2) is 9.96. The molecule has 7 nitrogen and oxygen atoms in total. The highest BCUT2D eigenvalue weighted by Gasteiger charge is 2.24. The molecule has 3 N–H and O–H groups in total. The Labute approximate surface area is 153 Å². The van der Waals surface area contributed by atoms with Crippen molar-refractivity contribution in [1.82, 2.24) is 15.5 Å². The summed E-state index contributed by atoms with van der Waals surface area (Å²) in [6.07, 6.45) is 1.36. The first kappa shape index (κ1) is 20.0. The Kier molecular flexibility index (Phi) is 7.65. The Morgan fingerprint density at radius 3 is 2.77 bits per heavy atom. The maximum Gasteiger partial charge on any atom is 0.409 e. The van der Waals surface area contributed by atoms with Crippen LogP contribution in [0.3, 0.4) is 0 Å². The topological polar surface area (TPSA) is 86.2 Å². The molecule has 1 saturated heterocycles. The summed E-state index contributed by atoms with van der Waals surface area (Å²) in [5.74, 6) is 0.238. The van der Waals surface area contributed by atoms with Gasteiger partial charge in [-0.25, -0.2) is 9.18 Å². The fourth-order valence-corrected chi connectivity index (χ4v) is 2.85. The van der Waals surface area contributed by atoms with Crippen LogP contribution in [0.5, 0.6) is 0 Å². The van der Waals surface area contributed by atoms with E-state index in [1.165, 1.54) is 6.07 Å². The molecule has 1 amide bonds. The molecule has 1 heterocycles. The number of hydrogen-bond acceptors (Lipinski definition) is 4. The SMILES string of the molecule is CCOC(=O)N1CCC(NC(=NC)NCc2ccc(F)c(CO)c2)CC1. The summed E-state index contributed by atoms with van der Waals surface area (Å²) in [7, 11) is 1.69. The average Bonchev–Trinajstić information content (AvgIpc) is 2.66. The second-order valence-electron chi connectivity index (χ2n) is 6.11. The molecule has 1 aliphatic rings. The fourth-order valence-electron chi connectivity index (χ4n) is 2.85. The summed E-state index contributed by atoms with van der Waals surface area (Å²) in [6, 6.07) is 4.87. The number of aliphatic imine (C=N–C) groups is 1. The number of nitrogens with zero attached hydrogens (tertiary/aromatic N) is 2. The average molecular weight is 366 g/mol. The van der Waals surface area contributed by atoms with Crippen molar-refractivity contribution in [3.05, 3.63) is 35.1 Å². The van der Waals surface area contributed by atoms with E-state index in [0.717, 1.165) is 18.4 Å². The molecule has 2 rings (SSSR count). The van der Waals surface area contributed by atoms with Crippen LogP contribution < -0.4 is 10.6 Å². The van der Waals surface area contributed by atoms with Gasteiger partial charge in [0.15, 0.2) is 5.96 Å². The zero-order valence-corrected chi connectivity index (χ0v) is 15.3. The molecule has 8 heteroatoms. The van der Waals surface area contributed by atoms with E-state index >= 15 is 0 Å². The van der Waals surface area contributed by atoms with Crippen LogP contribution in [0.15, 0.2) is 23.2 Å². The highest BCUT2D eigenvalue weighted by molar-refractivity contribution is 5.80. The van der Waals surface area contributed by atoms with Crippen LogP contribution in [-0.4, -0.2) is 54.8 Å². The van der Waals surface area contributed by atoms with E-state index in [1.807, 2.05) is 0 Å². The number of aliphatic hydroxyl groups excluding tert-OH is 1. The minimum atomic E-state index is -0.410. The first-order chi connectivity index (χ1) is 12.6. The molecular formula is C18H27FN4O3. The highest BCUT2D eigenvalue weighted by Crippen LogP contribution is 2.12. The molecule has 0 spiro atoms. The standard InChI is InChI=1S/C18H27FN4O3/c1-3-26-18(25)23-8-6-15(7-9-23)22-17(20-2)21-11-13-4-5-16(19)14(10-13)12-24/h4-5,10,15,24H,3,6-9,11-12H2,1-2H3,(H2,20,21,22). The molecule has 1 aromatic carbocycles. The molecule has 1 aliphatic heterocycles. The van der Waals surface area contributed by atoms with Crippen molar-refractivity contribution in [2.75, 3.05) is 26.7 Å². The monoisotopic (exact) mass is 366 g/mol. The number of guanidine groups is 1. The molecule has 0 radical (unpaired) electrons. The Morgan fingerprint density at radius 2 is 2.15 bits per heavy atom. The summed E-state index contributed by atoms with van der Waals surface area (Å²) >= 11 is 0. The Hall–Kier alpha value is -2.35. The van der Waals surface area contributed by atoms with Crippen LogP contribution in [0.1, 0.15) is 30.9 Å². The van der Waals surface area contributed by atoms with E-state index < -0.39 is 5.82 Å². The van der Waals surface area contributed by atoms with Crippen LogP contribution in [0.25, 0.3) is 0 Å². The van der Waals surface area contributed by atoms with E-state index in [0.29, 0.717) is 32.2 Å². The van der Waals surface area contributed by atoms with Gasteiger partial charge in [-0.3, -0.25) is 4.99 Å². The lowest BCUT2D eigenvalue weighted by molar-refractivity contribution is 0.0963. The Morgan fingerprint density at radius 1 is 1.42 bits per heavy atom. The molecule has 0 bridgehead atoms. The molecule has 0 aromatic heterocycles. The zero-order valence-electron chi connectivity index (χ0n) is 15.3. The fraction of sp³-hybridized carbons (Fsp3) is 0.556. The number of carbonyl (C=O) groups excluding carboxylic acids is 1. The lowest BCUT2D eigenvalue weighted by Gasteiger charge is -2.32. The van der Waals surface area contributed by atoms with E-state index in [2.05, 4.69) is 15.6 Å². The van der Waals surface area contributed by atoms with Crippen LogP contribution in [0.4, 0.5) is 9.18 Å². The first-order valence-corrected chi connectivity index (χ1v) is 8.84. The number of nitrogens with one attached hydrogen (secondary N) is 2. The second-order valence-corrected chi connectivity index (χ2v) is 6.11. The van der Waals surface area contributed by atoms with Crippen molar-refractivity contribution in [1.29, 1.82) is 0 Å². The molecular weight excluding hydrogens is 339 g/mol. The number of hydrogen-bond donors (Lipinski definition) is 3. The number of piperidine rings is 1. The number of halogens is 1. The number of amides is 1. The van der Waals surface area contributed by atoms with Crippen molar-refractivity contribution in [3.63, 3.8) is 0 Å². The third-order valence-corrected chi connectivity index (χ3v) is 4.33. The minimum absolute atomic E-state index is 0.216. The number of benzene rings is 1. The van der Waals surface area contributed by atoms with Gasteiger partial charge in [0.2, 0.25) is 0 Å². The summed E-state index contributed by atoms with van der Waals surface area (Å²) < 4.78 is 18.4. The van der Waals surface area contributed by atoms with E-state index in [4.69, 9.17) is 9.84 Å². The van der Waals surface area contributed by atoms with Gasteiger partial charge < -0.3 is 25.4 Å². The third kappa shape index (κ3) is 5.59. The highest BCUT2D eigenvalue weighted by atomic mass is 19.1. The van der Waals surface area contributed by atoms with Gasteiger partial charge in [-0.1, -0.05) is 6.07 Å². The largest absolute Gasteiger partial charge is 0.450 e. The smallest absolute Gasteiger partial charge is 0.409 e. The number of likely N-dealkylation sites (tertiary alicyclic amines) is 1. The van der Waals surface area contributed by atoms with Crippen molar-refractivity contribution in [3.8, 4) is 0 Å². The number of rotatable bonds is 5. The van der Waals surface area contributed by atoms with Crippen LogP contribution in [0.2, 0.25) is 0 Å². The van der Waals surface area contributed by atoms with Gasteiger partial charge in [-0.2, -0.15) is 0 Å². The molecule has 0 saturated carbocycles. The van der Waals surface area contributed by atoms with Crippen molar-refractivity contribution in [2.24, 2.45) is 4.99 Å². The summed E-state index contributed by atoms with van der Waals surface area (Å²) in [5, 5.41) is 15.7. The lowest BCUT2D eigenvalue weighted by atomic mass is 10.1. The van der Waals surface area contributed by atoms with E-state index in [1.54, 1.807) is 31.0 Å². The zero-order chi connectivity index (χ0) is 18.9. The van der Waals surface area contributed by atoms with E-state index in [-0.39, 0.29) is 24.3 Å². The number of ether oxygens (including phenoxy) is 1. The van der Waals surface area contributed by atoms with Gasteiger partial charge in [0, 0.05) is 38.3 Å². The van der Waals surface area contributed by atoms with Crippen LogP contribution in [-0.2, 0) is 17.9 Å². The lowest BCUT2D eigenvalue weighted by Crippen LogP contribution is -2.49. The van der Waals surface area contributed by atoms with Crippen molar-refractivity contribution >= 4 is 12.1 Å². The molecule has 0 atom stereocenters. The predicted octanol–water partition coefficient (Wildman–Crippen LogP) is 1.60. The van der Waals surface area contributed by atoms with Gasteiger partial charge >= 0.3 is 6.09 Å². The van der Waals surface area contributed by atoms with Gasteiger partial charge in [0.05, 0.1) is 13.2 Å². The molecule has 1 aromatic rings. The van der Waals surface area contributed by atoms with Crippen molar-refractivity contribution < 1.29 is 19.0 Å². The maximum atomic E-state index is 13.4. The predicted molar refractivity (Wildman–Crippen MR) is 97.3 cm³/mol. The van der Waals surface area contributed by atoms with Crippen molar-refractivity contribution in [2.45, 2.75) is 39.0 Å². The summed E-state index contributed by atoms with van der Waals surface area (Å²) in [4.78, 5) is 17.6.